The van der Waals surface area contributed by atoms with E-state index in [2.05, 4.69) is 32.6 Å². The molecule has 386 valence electrons. The molecule has 16 heteroatoms. The van der Waals surface area contributed by atoms with Crippen molar-refractivity contribution < 1.29 is 47.9 Å². The van der Waals surface area contributed by atoms with Crippen LogP contribution < -0.4 is 0 Å². The van der Waals surface area contributed by atoms with Gasteiger partial charge in [-0.05, 0) is 64.6 Å². The number of rotatable bonds is 21. The van der Waals surface area contributed by atoms with E-state index < -0.39 is 48.7 Å². The number of aliphatic hydroxyl groups excluding tert-OH is 1. The Morgan fingerprint density at radius 2 is 0.932 bits per heavy atom. The first-order valence-electron chi connectivity index (χ1n) is 24.7. The third kappa shape index (κ3) is 17.4. The lowest BCUT2D eigenvalue weighted by molar-refractivity contribution is -0.179. The van der Waals surface area contributed by atoms with E-state index in [1.54, 1.807) is 9.80 Å². The van der Waals surface area contributed by atoms with E-state index in [1.165, 1.54) is 0 Å². The zero-order chi connectivity index (χ0) is 51.7. The van der Waals surface area contributed by atoms with Gasteiger partial charge in [0, 0.05) is 18.0 Å². The summed E-state index contributed by atoms with van der Waals surface area (Å²) in [6, 6.07) is 56.1. The number of ether oxygens (including phenoxy) is 6. The molecule has 0 saturated carbocycles. The number of hydrogen-bond donors (Lipinski definition) is 1. The number of carbonyl (C=O) groups is 3. The SMILES string of the molecule is O=C(OCc1ccccc1)N(Cc1ccccc1)[C@H](COCc1ccccc1)[C@@H]1CCC(I)C(O)O1.[N-]=[N+]=NC1CC[C@@H]([C@@H](COCc2ccccc2)N(Cc2ccccc2)C(=O)OCc2ccccc2)OC1=O. The van der Waals surface area contributed by atoms with E-state index >= 15 is 0 Å². The second kappa shape index (κ2) is 29.8. The van der Waals surface area contributed by atoms with Crippen LogP contribution in [0.3, 0.4) is 0 Å². The number of amides is 2. The first kappa shape index (κ1) is 55.0. The predicted molar refractivity (Wildman–Crippen MR) is 287 cm³/mol. The minimum atomic E-state index is -0.889. The fourth-order valence-corrected chi connectivity index (χ4v) is 9.11. The molecular weight excluding hydrogens is 1050 g/mol. The summed E-state index contributed by atoms with van der Waals surface area (Å²) in [6.07, 6.45) is -0.676. The highest BCUT2D eigenvalue weighted by Crippen LogP contribution is 2.30. The van der Waals surface area contributed by atoms with Gasteiger partial charge in [-0.2, -0.15) is 0 Å². The number of halogens is 1. The van der Waals surface area contributed by atoms with Gasteiger partial charge in [-0.1, -0.05) is 210 Å². The summed E-state index contributed by atoms with van der Waals surface area (Å²) in [7, 11) is 0. The normalized spacial score (nSPS) is 18.9. The number of cyclic esters (lactones) is 1. The maximum absolute atomic E-state index is 13.5. The molecule has 2 saturated heterocycles. The van der Waals surface area contributed by atoms with Crippen LogP contribution in [0.5, 0.6) is 0 Å². The average Bonchev–Trinajstić information content (AvgIpc) is 3.44. The third-order valence-corrected chi connectivity index (χ3v) is 13.8. The lowest BCUT2D eigenvalue weighted by atomic mass is 9.98. The monoisotopic (exact) mass is 1120 g/mol. The molecule has 1 N–H and O–H groups in total. The fourth-order valence-electron chi connectivity index (χ4n) is 8.58. The van der Waals surface area contributed by atoms with Gasteiger partial charge >= 0.3 is 18.2 Å². The molecule has 2 heterocycles. The van der Waals surface area contributed by atoms with Gasteiger partial charge in [0.15, 0.2) is 6.29 Å². The summed E-state index contributed by atoms with van der Waals surface area (Å²) >= 11 is 2.21. The van der Waals surface area contributed by atoms with Crippen molar-refractivity contribution in [3.63, 3.8) is 0 Å². The van der Waals surface area contributed by atoms with Gasteiger partial charge in [-0.3, -0.25) is 14.6 Å². The van der Waals surface area contributed by atoms with Gasteiger partial charge in [0.05, 0.1) is 48.5 Å². The van der Waals surface area contributed by atoms with E-state index in [4.69, 9.17) is 34.0 Å². The van der Waals surface area contributed by atoms with E-state index in [9.17, 15) is 19.5 Å². The Kier molecular flexibility index (Phi) is 22.1. The highest BCUT2D eigenvalue weighted by Gasteiger charge is 2.41. The van der Waals surface area contributed by atoms with Crippen molar-refractivity contribution in [3.8, 4) is 0 Å². The molecule has 6 aromatic carbocycles. The van der Waals surface area contributed by atoms with Crippen molar-refractivity contribution in [3.05, 3.63) is 226 Å². The highest BCUT2D eigenvalue weighted by molar-refractivity contribution is 14.1. The van der Waals surface area contributed by atoms with Gasteiger partial charge in [-0.25, -0.2) is 9.59 Å². The Labute approximate surface area is 446 Å². The Morgan fingerprint density at radius 1 is 0.568 bits per heavy atom. The molecule has 0 bridgehead atoms. The topological polar surface area (TPSA) is 182 Å². The van der Waals surface area contributed by atoms with E-state index in [0.29, 0.717) is 39.0 Å². The van der Waals surface area contributed by atoms with Gasteiger partial charge in [0.25, 0.3) is 0 Å². The molecule has 2 amide bonds. The van der Waals surface area contributed by atoms with Crippen LogP contribution >= 0.6 is 22.6 Å². The van der Waals surface area contributed by atoms with Crippen LogP contribution in [0, 0.1) is 0 Å². The van der Waals surface area contributed by atoms with E-state index in [-0.39, 0.29) is 43.0 Å². The first-order valence-corrected chi connectivity index (χ1v) is 26.0. The van der Waals surface area contributed by atoms with Crippen molar-refractivity contribution in [2.45, 2.75) is 106 Å². The summed E-state index contributed by atoms with van der Waals surface area (Å²) in [6.45, 7) is 1.98. The molecule has 0 radical (unpaired) electrons. The molecule has 6 aromatic rings. The van der Waals surface area contributed by atoms with E-state index in [1.807, 2.05) is 182 Å². The van der Waals surface area contributed by atoms with Crippen LogP contribution in [-0.2, 0) is 72.7 Å². The van der Waals surface area contributed by atoms with Crippen molar-refractivity contribution >= 4 is 40.7 Å². The predicted octanol–water partition coefficient (Wildman–Crippen LogP) is 11.5. The molecule has 3 unspecified atom stereocenters. The molecule has 0 aliphatic carbocycles. The summed E-state index contributed by atoms with van der Waals surface area (Å²) < 4.78 is 35.4. The second-order valence-corrected chi connectivity index (χ2v) is 19.5. The minimum Gasteiger partial charge on any atom is -0.460 e. The Morgan fingerprint density at radius 3 is 1.31 bits per heavy atom. The molecule has 15 nitrogen and oxygen atoms in total. The van der Waals surface area contributed by atoms with Gasteiger partial charge < -0.3 is 33.5 Å². The number of carbonyl (C=O) groups excluding carboxylic acids is 3. The Hall–Kier alpha value is -6.79. The molecule has 8 rings (SSSR count). The number of alkyl halides is 1. The molecule has 74 heavy (non-hydrogen) atoms. The quantitative estimate of drug-likeness (QED) is 0.0138. The Bertz CT molecular complexity index is 2640. The smallest absolute Gasteiger partial charge is 0.410 e. The number of aliphatic hydroxyl groups is 1. The maximum atomic E-state index is 13.5. The number of nitrogens with zero attached hydrogens (tertiary/aromatic N) is 5. The van der Waals surface area contributed by atoms with E-state index in [0.717, 1.165) is 39.8 Å². The van der Waals surface area contributed by atoms with Crippen molar-refractivity contribution in [2.24, 2.45) is 5.11 Å². The van der Waals surface area contributed by atoms with Crippen LogP contribution in [0.1, 0.15) is 59.1 Å². The third-order valence-electron chi connectivity index (χ3n) is 12.5. The summed E-state index contributed by atoms with van der Waals surface area (Å²) in [5.74, 6) is -0.607. The van der Waals surface area contributed by atoms with Gasteiger partial charge in [0.1, 0.15) is 25.4 Å². The van der Waals surface area contributed by atoms with Crippen LogP contribution in [0.4, 0.5) is 9.59 Å². The summed E-state index contributed by atoms with van der Waals surface area (Å²) in [4.78, 5) is 45.6. The summed E-state index contributed by atoms with van der Waals surface area (Å²) in [5, 5.41) is 14.0. The number of benzene rings is 6. The average molecular weight is 1120 g/mol. The molecule has 0 spiro atoms. The first-order chi connectivity index (χ1) is 36.2. The largest absolute Gasteiger partial charge is 0.460 e. The highest BCUT2D eigenvalue weighted by atomic mass is 127. The molecule has 2 fully saturated rings. The zero-order valence-corrected chi connectivity index (χ0v) is 43.2. The maximum Gasteiger partial charge on any atom is 0.410 e. The number of hydrogen-bond acceptors (Lipinski definition) is 11. The zero-order valence-electron chi connectivity index (χ0n) is 41.1. The van der Waals surface area contributed by atoms with Crippen LogP contribution in [-0.4, -0.2) is 86.8 Å². The minimum absolute atomic E-state index is 0.0114. The van der Waals surface area contributed by atoms with Crippen molar-refractivity contribution in [2.75, 3.05) is 13.2 Å². The van der Waals surface area contributed by atoms with Gasteiger partial charge in [0.2, 0.25) is 0 Å². The molecular formula is C58H62IN5O10. The fraction of sp³-hybridized carbons (Fsp3) is 0.328. The molecule has 0 aromatic heterocycles. The Balaban J connectivity index is 0.000000217. The molecule has 2 aliphatic heterocycles. The van der Waals surface area contributed by atoms with Crippen LogP contribution in [0.2, 0.25) is 0 Å². The number of esters is 1. The van der Waals surface area contributed by atoms with Gasteiger partial charge in [-0.15, -0.1) is 0 Å². The summed E-state index contributed by atoms with van der Waals surface area (Å²) in [5.41, 5.74) is 14.5. The number of azide groups is 1. The van der Waals surface area contributed by atoms with Crippen LogP contribution in [0.15, 0.2) is 187 Å². The molecule has 7 atom stereocenters. The molecule has 2 aliphatic rings. The van der Waals surface area contributed by atoms with Crippen molar-refractivity contribution in [1.82, 2.24) is 9.80 Å². The van der Waals surface area contributed by atoms with Crippen molar-refractivity contribution in [1.29, 1.82) is 0 Å². The lowest BCUT2D eigenvalue weighted by Crippen LogP contribution is -2.53. The lowest BCUT2D eigenvalue weighted by Gasteiger charge is -2.40. The van der Waals surface area contributed by atoms with Crippen LogP contribution in [0.25, 0.3) is 10.4 Å². The second-order valence-electron chi connectivity index (χ2n) is 17.9. The standard InChI is InChI=1S/C29H32INO5.C29H30N4O5/c30-25-16-17-27(36-28(25)32)26(21-34-19-23-12-6-2-7-13-23)31(18-22-10-4-1-5-11-22)29(33)35-20-24-14-8-3-9-15-24;30-32-31-25-16-17-27(38-28(25)34)26(21-36-19-23-12-6-2-7-13-23)33(18-22-10-4-1-5-11-22)29(35)37-20-24-14-8-3-9-15-24/h1-15,25-28,32H,16-21H2;1-15,25-27H,16-21H2/t25?,26-,27+,28?;25?,26-,27+/m11/s1.